The lowest BCUT2D eigenvalue weighted by Gasteiger charge is -2.35. The number of rotatable bonds is 4. The van der Waals surface area contributed by atoms with E-state index >= 15 is 0 Å². The van der Waals surface area contributed by atoms with Crippen LogP contribution in [0.3, 0.4) is 0 Å². The van der Waals surface area contributed by atoms with Crippen molar-refractivity contribution in [3.63, 3.8) is 0 Å². The lowest BCUT2D eigenvalue weighted by atomic mass is 10.0. The average molecular weight is 225 g/mol. The van der Waals surface area contributed by atoms with E-state index in [1.807, 2.05) is 0 Å². The highest BCUT2D eigenvalue weighted by molar-refractivity contribution is 4.80. The van der Waals surface area contributed by atoms with Crippen LogP contribution in [0.2, 0.25) is 0 Å². The first-order valence-corrected chi connectivity index (χ1v) is 6.88. The van der Waals surface area contributed by atoms with Gasteiger partial charge >= 0.3 is 0 Å². The van der Waals surface area contributed by atoms with Crippen molar-refractivity contribution >= 4 is 0 Å². The molecule has 2 aliphatic rings. The summed E-state index contributed by atoms with van der Waals surface area (Å²) >= 11 is 0. The molecule has 94 valence electrons. The van der Waals surface area contributed by atoms with Crippen LogP contribution in [0, 0.1) is 0 Å². The predicted octanol–water partition coefficient (Wildman–Crippen LogP) is 1.15. The SMILES string of the molecule is CN(C)C1CCN(CCC2CCCN2)CC1. The molecule has 1 unspecified atom stereocenters. The number of hydrogen-bond donors (Lipinski definition) is 1. The van der Waals surface area contributed by atoms with Crippen LogP contribution in [0.25, 0.3) is 0 Å². The molecule has 0 spiro atoms. The van der Waals surface area contributed by atoms with Gasteiger partial charge in [0.1, 0.15) is 0 Å². The monoisotopic (exact) mass is 225 g/mol. The largest absolute Gasteiger partial charge is 0.314 e. The minimum atomic E-state index is 0.812. The molecule has 0 bridgehead atoms. The van der Waals surface area contributed by atoms with E-state index in [0.717, 1.165) is 12.1 Å². The van der Waals surface area contributed by atoms with Crippen LogP contribution in [0.1, 0.15) is 32.1 Å². The highest BCUT2D eigenvalue weighted by Gasteiger charge is 2.21. The number of nitrogens with one attached hydrogen (secondary N) is 1. The van der Waals surface area contributed by atoms with Crippen molar-refractivity contribution in [1.82, 2.24) is 15.1 Å². The van der Waals surface area contributed by atoms with E-state index in [1.165, 1.54) is 58.3 Å². The van der Waals surface area contributed by atoms with Crippen molar-refractivity contribution in [2.45, 2.75) is 44.2 Å². The van der Waals surface area contributed by atoms with Gasteiger partial charge in [-0.25, -0.2) is 0 Å². The predicted molar refractivity (Wildman–Crippen MR) is 68.8 cm³/mol. The maximum Gasteiger partial charge on any atom is 0.0113 e. The molecule has 0 saturated carbocycles. The Hall–Kier alpha value is -0.120. The molecule has 0 aromatic heterocycles. The molecule has 2 saturated heterocycles. The van der Waals surface area contributed by atoms with Gasteiger partial charge in [0.25, 0.3) is 0 Å². The number of hydrogen-bond acceptors (Lipinski definition) is 3. The van der Waals surface area contributed by atoms with E-state index in [0.29, 0.717) is 0 Å². The fourth-order valence-electron chi connectivity index (χ4n) is 3.00. The van der Waals surface area contributed by atoms with Crippen LogP contribution in [-0.2, 0) is 0 Å². The van der Waals surface area contributed by atoms with Crippen LogP contribution < -0.4 is 5.32 Å². The molecule has 0 amide bonds. The zero-order chi connectivity index (χ0) is 11.4. The molecule has 2 heterocycles. The van der Waals surface area contributed by atoms with Gasteiger partial charge in [-0.15, -0.1) is 0 Å². The minimum absolute atomic E-state index is 0.812. The summed E-state index contributed by atoms with van der Waals surface area (Å²) < 4.78 is 0. The lowest BCUT2D eigenvalue weighted by Crippen LogP contribution is -2.43. The third kappa shape index (κ3) is 3.44. The summed E-state index contributed by atoms with van der Waals surface area (Å²) in [6.07, 6.45) is 6.84. The van der Waals surface area contributed by atoms with Gasteiger partial charge in [0.15, 0.2) is 0 Å². The Morgan fingerprint density at radius 3 is 2.50 bits per heavy atom. The third-order valence-corrected chi connectivity index (χ3v) is 4.24. The van der Waals surface area contributed by atoms with E-state index < -0.39 is 0 Å². The summed E-state index contributed by atoms with van der Waals surface area (Å²) in [5.41, 5.74) is 0. The topological polar surface area (TPSA) is 18.5 Å². The Labute approximate surface area is 100 Å². The molecule has 2 fully saturated rings. The molecule has 0 aromatic carbocycles. The van der Waals surface area contributed by atoms with Crippen molar-refractivity contribution in [3.8, 4) is 0 Å². The summed E-state index contributed by atoms with van der Waals surface area (Å²) in [4.78, 5) is 5.04. The second-order valence-corrected chi connectivity index (χ2v) is 5.62. The highest BCUT2D eigenvalue weighted by Crippen LogP contribution is 2.16. The molecule has 0 radical (unpaired) electrons. The van der Waals surface area contributed by atoms with E-state index in [1.54, 1.807) is 0 Å². The second kappa shape index (κ2) is 5.99. The zero-order valence-corrected chi connectivity index (χ0v) is 10.9. The molecule has 3 nitrogen and oxygen atoms in total. The van der Waals surface area contributed by atoms with Crippen LogP contribution >= 0.6 is 0 Å². The van der Waals surface area contributed by atoms with Gasteiger partial charge in [0, 0.05) is 12.1 Å². The molecular weight excluding hydrogens is 198 g/mol. The Balaban J connectivity index is 1.61. The normalized spacial score (nSPS) is 29.1. The zero-order valence-electron chi connectivity index (χ0n) is 10.9. The number of nitrogens with zero attached hydrogens (tertiary/aromatic N) is 2. The first-order chi connectivity index (χ1) is 7.75. The van der Waals surface area contributed by atoms with Crippen molar-refractivity contribution in [2.75, 3.05) is 40.3 Å². The van der Waals surface area contributed by atoms with E-state index in [4.69, 9.17) is 0 Å². The fourth-order valence-corrected chi connectivity index (χ4v) is 3.00. The van der Waals surface area contributed by atoms with E-state index in [2.05, 4.69) is 29.2 Å². The van der Waals surface area contributed by atoms with Crippen molar-refractivity contribution in [3.05, 3.63) is 0 Å². The maximum absolute atomic E-state index is 3.59. The van der Waals surface area contributed by atoms with Crippen molar-refractivity contribution in [1.29, 1.82) is 0 Å². The summed E-state index contributed by atoms with van der Waals surface area (Å²) in [5.74, 6) is 0. The van der Waals surface area contributed by atoms with Gasteiger partial charge in [-0.05, 0) is 72.4 Å². The van der Waals surface area contributed by atoms with Crippen LogP contribution in [0.4, 0.5) is 0 Å². The number of likely N-dealkylation sites (tertiary alicyclic amines) is 1. The Morgan fingerprint density at radius 2 is 1.94 bits per heavy atom. The highest BCUT2D eigenvalue weighted by atomic mass is 15.2. The Kier molecular flexibility index (Phi) is 4.62. The van der Waals surface area contributed by atoms with Gasteiger partial charge in [0.2, 0.25) is 0 Å². The average Bonchev–Trinajstić information content (AvgIpc) is 2.80. The van der Waals surface area contributed by atoms with Crippen LogP contribution in [0.15, 0.2) is 0 Å². The smallest absolute Gasteiger partial charge is 0.0113 e. The summed E-state index contributed by atoms with van der Waals surface area (Å²) in [7, 11) is 4.42. The van der Waals surface area contributed by atoms with Crippen molar-refractivity contribution < 1.29 is 0 Å². The summed E-state index contributed by atoms with van der Waals surface area (Å²) in [6, 6.07) is 1.63. The van der Waals surface area contributed by atoms with Crippen LogP contribution in [0.5, 0.6) is 0 Å². The van der Waals surface area contributed by atoms with E-state index in [9.17, 15) is 0 Å². The summed E-state index contributed by atoms with van der Waals surface area (Å²) in [5, 5.41) is 3.59. The fraction of sp³-hybridized carbons (Fsp3) is 1.00. The van der Waals surface area contributed by atoms with Gasteiger partial charge in [-0.1, -0.05) is 0 Å². The van der Waals surface area contributed by atoms with Gasteiger partial charge < -0.3 is 15.1 Å². The molecule has 2 rings (SSSR count). The summed E-state index contributed by atoms with van der Waals surface area (Å²) in [6.45, 7) is 5.15. The minimum Gasteiger partial charge on any atom is -0.314 e. The molecule has 16 heavy (non-hydrogen) atoms. The molecular formula is C13H27N3. The van der Waals surface area contributed by atoms with Gasteiger partial charge in [-0.3, -0.25) is 0 Å². The van der Waals surface area contributed by atoms with Gasteiger partial charge in [0.05, 0.1) is 0 Å². The molecule has 2 aliphatic heterocycles. The Bertz CT molecular complexity index is 191. The third-order valence-electron chi connectivity index (χ3n) is 4.24. The van der Waals surface area contributed by atoms with Gasteiger partial charge in [-0.2, -0.15) is 0 Å². The molecule has 3 heteroatoms. The first kappa shape index (κ1) is 12.3. The second-order valence-electron chi connectivity index (χ2n) is 5.62. The molecule has 0 aliphatic carbocycles. The van der Waals surface area contributed by atoms with Crippen molar-refractivity contribution in [2.24, 2.45) is 0 Å². The standard InChI is InChI=1S/C13H27N3/c1-15(2)13-6-10-16(11-7-13)9-5-12-4-3-8-14-12/h12-14H,3-11H2,1-2H3. The maximum atomic E-state index is 3.59. The van der Waals surface area contributed by atoms with Crippen LogP contribution in [-0.4, -0.2) is 62.2 Å². The number of piperidine rings is 1. The Morgan fingerprint density at radius 1 is 1.19 bits per heavy atom. The molecule has 1 N–H and O–H groups in total. The molecule has 1 atom stereocenters. The first-order valence-electron chi connectivity index (χ1n) is 6.88. The quantitative estimate of drug-likeness (QED) is 0.774. The van der Waals surface area contributed by atoms with E-state index in [-0.39, 0.29) is 0 Å². The molecule has 0 aromatic rings. The lowest BCUT2D eigenvalue weighted by molar-refractivity contribution is 0.141.